The minimum Gasteiger partial charge on any atom is -0.347 e. The van der Waals surface area contributed by atoms with Crippen LogP contribution in [0.4, 0.5) is 13.2 Å². The molecule has 2 aromatic heterocycles. The molecule has 26 heavy (non-hydrogen) atoms. The Labute approximate surface area is 151 Å². The minimum absolute atomic E-state index is 0.0329. The summed E-state index contributed by atoms with van der Waals surface area (Å²) in [4.78, 5) is 21.5. The van der Waals surface area contributed by atoms with Crippen molar-refractivity contribution in [2.24, 2.45) is 0 Å². The Morgan fingerprint density at radius 3 is 2.73 bits per heavy atom. The van der Waals surface area contributed by atoms with E-state index in [9.17, 15) is 18.0 Å². The highest BCUT2D eigenvalue weighted by Gasteiger charge is 2.30. The molecule has 134 valence electrons. The van der Waals surface area contributed by atoms with Gasteiger partial charge in [-0.15, -0.1) is 11.3 Å². The summed E-state index contributed by atoms with van der Waals surface area (Å²) in [5, 5.41) is 3.42. The zero-order valence-corrected chi connectivity index (χ0v) is 14.5. The van der Waals surface area contributed by atoms with Gasteiger partial charge in [-0.05, 0) is 37.3 Å². The van der Waals surface area contributed by atoms with E-state index in [1.165, 1.54) is 23.5 Å². The Balaban J connectivity index is 1.72. The summed E-state index contributed by atoms with van der Waals surface area (Å²) in [6.07, 6.45) is -1.12. The lowest BCUT2D eigenvalue weighted by atomic mass is 10.1. The number of carbonyl (C=O) groups is 1. The second-order valence-electron chi connectivity index (χ2n) is 5.53. The zero-order chi connectivity index (χ0) is 18.7. The number of aryl methyl sites for hydroxylation is 1. The van der Waals surface area contributed by atoms with Gasteiger partial charge in [-0.25, -0.2) is 4.98 Å². The molecule has 0 aliphatic carbocycles. The normalized spacial score (nSPS) is 11.4. The lowest BCUT2D eigenvalue weighted by Crippen LogP contribution is -2.23. The fourth-order valence-electron chi connectivity index (χ4n) is 2.30. The lowest BCUT2D eigenvalue weighted by molar-refractivity contribution is -0.137. The number of alkyl halides is 3. The molecule has 2 heterocycles. The predicted molar refractivity (Wildman–Crippen MR) is 92.7 cm³/mol. The third-order valence-corrected chi connectivity index (χ3v) is 4.87. The largest absolute Gasteiger partial charge is 0.416 e. The number of pyridine rings is 1. The Hall–Kier alpha value is -2.74. The summed E-state index contributed by atoms with van der Waals surface area (Å²) in [6.45, 7) is 2.01. The average Bonchev–Trinajstić information content (AvgIpc) is 3.00. The highest BCUT2D eigenvalue weighted by atomic mass is 32.1. The van der Waals surface area contributed by atoms with Crippen LogP contribution < -0.4 is 5.32 Å². The maximum absolute atomic E-state index is 12.8. The van der Waals surface area contributed by atoms with Gasteiger partial charge in [0.25, 0.3) is 5.91 Å². The first kappa shape index (κ1) is 18.1. The van der Waals surface area contributed by atoms with Crippen LogP contribution in [0.15, 0.2) is 48.8 Å². The van der Waals surface area contributed by atoms with Gasteiger partial charge in [0.1, 0.15) is 5.01 Å². The summed E-state index contributed by atoms with van der Waals surface area (Å²) < 4.78 is 38.3. The molecule has 0 aliphatic rings. The molecule has 0 saturated heterocycles. The van der Waals surface area contributed by atoms with Crippen LogP contribution in [0.2, 0.25) is 0 Å². The first-order chi connectivity index (χ1) is 12.3. The van der Waals surface area contributed by atoms with Crippen LogP contribution in [0, 0.1) is 6.92 Å². The number of halogens is 3. The molecular weight excluding hydrogens is 363 g/mol. The molecule has 0 fully saturated rings. The van der Waals surface area contributed by atoms with Crippen LogP contribution in [0.25, 0.3) is 10.6 Å². The molecule has 1 N–H and O–H groups in total. The molecule has 3 rings (SSSR count). The second kappa shape index (κ2) is 7.25. The van der Waals surface area contributed by atoms with Crippen molar-refractivity contribution in [2.75, 3.05) is 0 Å². The first-order valence-corrected chi connectivity index (χ1v) is 8.48. The van der Waals surface area contributed by atoms with Gasteiger partial charge in [-0.2, -0.15) is 13.2 Å². The first-order valence-electron chi connectivity index (χ1n) is 7.67. The molecule has 8 heteroatoms. The van der Waals surface area contributed by atoms with Crippen molar-refractivity contribution in [3.05, 3.63) is 70.5 Å². The molecule has 0 atom stereocenters. The van der Waals surface area contributed by atoms with Gasteiger partial charge in [0.2, 0.25) is 0 Å². The van der Waals surface area contributed by atoms with Crippen molar-refractivity contribution in [1.29, 1.82) is 0 Å². The molecule has 0 bridgehead atoms. The topological polar surface area (TPSA) is 54.9 Å². The van der Waals surface area contributed by atoms with E-state index in [1.807, 2.05) is 13.0 Å². The van der Waals surface area contributed by atoms with Crippen molar-refractivity contribution in [2.45, 2.75) is 19.6 Å². The van der Waals surface area contributed by atoms with Crippen molar-refractivity contribution in [3.8, 4) is 10.6 Å². The number of thiazole rings is 1. The Morgan fingerprint density at radius 2 is 2.04 bits per heavy atom. The van der Waals surface area contributed by atoms with Crippen LogP contribution >= 0.6 is 11.3 Å². The maximum Gasteiger partial charge on any atom is 0.416 e. The minimum atomic E-state index is -4.48. The third-order valence-electron chi connectivity index (χ3n) is 3.66. The van der Waals surface area contributed by atoms with E-state index < -0.39 is 17.6 Å². The van der Waals surface area contributed by atoms with Crippen LogP contribution in [-0.4, -0.2) is 15.9 Å². The number of hydrogen-bond acceptors (Lipinski definition) is 4. The molecule has 0 saturated carbocycles. The Bertz CT molecular complexity index is 923. The highest BCUT2D eigenvalue weighted by Crippen LogP contribution is 2.30. The number of aromatic nitrogens is 2. The van der Waals surface area contributed by atoms with Gasteiger partial charge in [0.15, 0.2) is 0 Å². The van der Waals surface area contributed by atoms with Crippen LogP contribution in [0.5, 0.6) is 0 Å². The van der Waals surface area contributed by atoms with Crippen molar-refractivity contribution >= 4 is 17.2 Å². The van der Waals surface area contributed by atoms with Crippen molar-refractivity contribution in [1.82, 2.24) is 15.3 Å². The van der Waals surface area contributed by atoms with E-state index in [-0.39, 0.29) is 12.1 Å². The lowest BCUT2D eigenvalue weighted by Gasteiger charge is -2.09. The summed E-state index contributed by atoms with van der Waals surface area (Å²) >= 11 is 1.41. The molecule has 3 aromatic rings. The smallest absolute Gasteiger partial charge is 0.347 e. The van der Waals surface area contributed by atoms with E-state index in [2.05, 4.69) is 15.3 Å². The van der Waals surface area contributed by atoms with Crippen molar-refractivity contribution in [3.63, 3.8) is 0 Å². The second-order valence-corrected chi connectivity index (χ2v) is 6.61. The highest BCUT2D eigenvalue weighted by molar-refractivity contribution is 7.15. The molecule has 0 aliphatic heterocycles. The van der Waals surface area contributed by atoms with Crippen molar-refractivity contribution < 1.29 is 18.0 Å². The van der Waals surface area contributed by atoms with Crippen LogP contribution in [-0.2, 0) is 12.7 Å². The van der Waals surface area contributed by atoms with Gasteiger partial charge >= 0.3 is 6.18 Å². The maximum atomic E-state index is 12.8. The molecule has 1 aromatic carbocycles. The van der Waals surface area contributed by atoms with E-state index in [4.69, 9.17) is 0 Å². The molecule has 0 radical (unpaired) electrons. The van der Waals surface area contributed by atoms with Crippen LogP contribution in [0.1, 0.15) is 26.5 Å². The van der Waals surface area contributed by atoms with E-state index in [0.29, 0.717) is 0 Å². The Kier molecular flexibility index (Phi) is 5.03. The van der Waals surface area contributed by atoms with Crippen LogP contribution in [0.3, 0.4) is 0 Å². The molecule has 1 amide bonds. The summed E-state index contributed by atoms with van der Waals surface area (Å²) in [5.41, 5.74) is 0.752. The SMILES string of the molecule is Cc1nc(-c2cccnc2)sc1CNC(=O)c1cccc(C(F)(F)F)c1. The number of benzene rings is 1. The summed E-state index contributed by atoms with van der Waals surface area (Å²) in [5.74, 6) is -0.563. The van der Waals surface area contributed by atoms with Gasteiger partial charge < -0.3 is 5.32 Å². The number of nitrogens with zero attached hydrogens (tertiary/aromatic N) is 2. The van der Waals surface area contributed by atoms with E-state index in [1.54, 1.807) is 18.5 Å². The molecule has 0 spiro atoms. The molecule has 0 unspecified atom stereocenters. The van der Waals surface area contributed by atoms with Gasteiger partial charge in [-0.3, -0.25) is 9.78 Å². The summed E-state index contributed by atoms with van der Waals surface area (Å²) in [7, 11) is 0. The average molecular weight is 377 g/mol. The Morgan fingerprint density at radius 1 is 1.23 bits per heavy atom. The van der Waals surface area contributed by atoms with Gasteiger partial charge in [0, 0.05) is 28.4 Å². The van der Waals surface area contributed by atoms with E-state index in [0.717, 1.165) is 33.3 Å². The quantitative estimate of drug-likeness (QED) is 0.730. The van der Waals surface area contributed by atoms with Gasteiger partial charge in [0.05, 0.1) is 17.8 Å². The fourth-order valence-corrected chi connectivity index (χ4v) is 3.30. The number of nitrogens with one attached hydrogen (secondary N) is 1. The third kappa shape index (κ3) is 4.08. The number of rotatable bonds is 4. The monoisotopic (exact) mass is 377 g/mol. The molecular formula is C18H14F3N3OS. The fraction of sp³-hybridized carbons (Fsp3) is 0.167. The summed E-state index contributed by atoms with van der Waals surface area (Å²) in [6, 6.07) is 8.04. The number of carbonyl (C=O) groups excluding carboxylic acids is 1. The zero-order valence-electron chi connectivity index (χ0n) is 13.7. The predicted octanol–water partition coefficient (Wildman–Crippen LogP) is 4.46. The molecule has 4 nitrogen and oxygen atoms in total. The standard InChI is InChI=1S/C18H14F3N3OS/c1-11-15(26-17(24-11)13-5-3-7-22-9-13)10-23-16(25)12-4-2-6-14(8-12)18(19,20)21/h2-9H,10H2,1H3,(H,23,25). The van der Waals surface area contributed by atoms with E-state index >= 15 is 0 Å². The van der Waals surface area contributed by atoms with Gasteiger partial charge in [-0.1, -0.05) is 6.07 Å². The number of amides is 1. The number of hydrogen-bond donors (Lipinski definition) is 1.